The maximum absolute atomic E-state index is 5.62. The van der Waals surface area contributed by atoms with E-state index in [1.54, 1.807) is 6.20 Å². The van der Waals surface area contributed by atoms with Gasteiger partial charge in [-0.05, 0) is 24.3 Å². The molecule has 3 aromatic heterocycles. The van der Waals surface area contributed by atoms with Crippen LogP contribution in [0.15, 0.2) is 61.1 Å². The number of nitrogen functional groups attached to an aromatic ring is 1. The lowest BCUT2D eigenvalue weighted by atomic mass is 10.1. The number of rotatable bonds is 3. The molecule has 0 radical (unpaired) electrons. The molecule has 116 valence electrons. The summed E-state index contributed by atoms with van der Waals surface area (Å²) < 4.78 is 0. The van der Waals surface area contributed by atoms with Crippen LogP contribution in [0.5, 0.6) is 0 Å². The molecular formula is C17H13N7. The Morgan fingerprint density at radius 2 is 1.71 bits per heavy atom. The van der Waals surface area contributed by atoms with Crippen LogP contribution >= 0.6 is 0 Å². The summed E-state index contributed by atoms with van der Waals surface area (Å²) in [6.07, 6.45) is 3.11. The average Bonchev–Trinajstić information content (AvgIpc) is 2.62. The third kappa shape index (κ3) is 2.70. The lowest BCUT2D eigenvalue weighted by molar-refractivity contribution is 1.07. The van der Waals surface area contributed by atoms with E-state index in [1.807, 2.05) is 48.5 Å². The first-order valence-electron chi connectivity index (χ1n) is 7.32. The largest absolute Gasteiger partial charge is 0.368 e. The number of hydrogen-bond acceptors (Lipinski definition) is 7. The second-order valence-corrected chi connectivity index (χ2v) is 5.08. The van der Waals surface area contributed by atoms with E-state index < -0.39 is 0 Å². The molecule has 3 N–H and O–H groups in total. The molecule has 7 heteroatoms. The van der Waals surface area contributed by atoms with Crippen LogP contribution in [-0.4, -0.2) is 24.9 Å². The minimum Gasteiger partial charge on any atom is -0.368 e. The van der Waals surface area contributed by atoms with Gasteiger partial charge in [0.1, 0.15) is 6.33 Å². The Morgan fingerprint density at radius 1 is 0.833 bits per heavy atom. The molecule has 0 spiro atoms. The van der Waals surface area contributed by atoms with Crippen LogP contribution in [0.2, 0.25) is 0 Å². The van der Waals surface area contributed by atoms with E-state index in [0.717, 1.165) is 28.0 Å². The Balaban J connectivity index is 1.86. The molecule has 0 amide bonds. The Labute approximate surface area is 137 Å². The van der Waals surface area contributed by atoms with Gasteiger partial charge in [-0.3, -0.25) is 4.98 Å². The summed E-state index contributed by atoms with van der Waals surface area (Å²) in [5.74, 6) is 0.543. The van der Waals surface area contributed by atoms with Crippen molar-refractivity contribution in [1.82, 2.24) is 24.9 Å². The minimum absolute atomic E-state index is 0.163. The van der Waals surface area contributed by atoms with Gasteiger partial charge in [-0.2, -0.15) is 4.98 Å². The van der Waals surface area contributed by atoms with E-state index in [1.165, 1.54) is 6.33 Å². The zero-order chi connectivity index (χ0) is 16.4. The number of fused-ring (bicyclic) bond motifs is 1. The van der Waals surface area contributed by atoms with Crippen molar-refractivity contribution in [2.24, 2.45) is 0 Å². The number of anilines is 3. The predicted octanol–water partition coefficient (Wildman–Crippen LogP) is 2.81. The molecule has 24 heavy (non-hydrogen) atoms. The number of hydrogen-bond donors (Lipinski definition) is 2. The highest BCUT2D eigenvalue weighted by atomic mass is 15.2. The summed E-state index contributed by atoms with van der Waals surface area (Å²) in [6.45, 7) is 0. The highest BCUT2D eigenvalue weighted by molar-refractivity contribution is 5.94. The van der Waals surface area contributed by atoms with Gasteiger partial charge in [-0.25, -0.2) is 15.0 Å². The smallest absolute Gasteiger partial charge is 0.232 e. The summed E-state index contributed by atoms with van der Waals surface area (Å²) in [5.41, 5.74) is 8.85. The van der Waals surface area contributed by atoms with Crippen LogP contribution in [0, 0.1) is 0 Å². The highest BCUT2D eigenvalue weighted by Gasteiger charge is 2.09. The van der Waals surface area contributed by atoms with Crippen LogP contribution in [-0.2, 0) is 0 Å². The van der Waals surface area contributed by atoms with Crippen molar-refractivity contribution in [2.45, 2.75) is 0 Å². The molecule has 0 fully saturated rings. The number of pyridine rings is 2. The maximum Gasteiger partial charge on any atom is 0.232 e. The van der Waals surface area contributed by atoms with Crippen LogP contribution in [0.25, 0.3) is 22.3 Å². The number of benzene rings is 1. The van der Waals surface area contributed by atoms with E-state index in [-0.39, 0.29) is 5.95 Å². The highest BCUT2D eigenvalue weighted by Crippen LogP contribution is 2.28. The third-order valence-corrected chi connectivity index (χ3v) is 3.48. The fourth-order valence-corrected chi connectivity index (χ4v) is 2.41. The minimum atomic E-state index is 0.163. The molecule has 4 aromatic rings. The van der Waals surface area contributed by atoms with E-state index in [2.05, 4.69) is 30.2 Å². The van der Waals surface area contributed by atoms with Crippen molar-refractivity contribution in [3.8, 4) is 11.4 Å². The quantitative estimate of drug-likeness (QED) is 0.599. The molecule has 0 aliphatic heterocycles. The molecule has 0 saturated carbocycles. The van der Waals surface area contributed by atoms with E-state index in [4.69, 9.17) is 5.73 Å². The fourth-order valence-electron chi connectivity index (χ4n) is 2.41. The maximum atomic E-state index is 5.62. The zero-order valence-electron chi connectivity index (χ0n) is 12.6. The molecule has 0 bridgehead atoms. The average molecular weight is 315 g/mol. The van der Waals surface area contributed by atoms with Crippen molar-refractivity contribution < 1.29 is 0 Å². The molecule has 0 saturated heterocycles. The number of nitrogens with two attached hydrogens (primary N) is 1. The Morgan fingerprint density at radius 3 is 2.54 bits per heavy atom. The first-order chi connectivity index (χ1) is 11.8. The van der Waals surface area contributed by atoms with Gasteiger partial charge in [0.15, 0.2) is 0 Å². The van der Waals surface area contributed by atoms with Gasteiger partial charge in [-0.1, -0.05) is 24.3 Å². The van der Waals surface area contributed by atoms with Gasteiger partial charge in [-0.15, -0.1) is 0 Å². The Hall–Kier alpha value is -3.61. The molecule has 3 heterocycles. The number of aromatic nitrogens is 5. The van der Waals surface area contributed by atoms with Gasteiger partial charge in [0, 0.05) is 11.6 Å². The van der Waals surface area contributed by atoms with Gasteiger partial charge in [0.25, 0.3) is 0 Å². The van der Waals surface area contributed by atoms with Gasteiger partial charge in [0.05, 0.1) is 22.6 Å². The predicted molar refractivity (Wildman–Crippen MR) is 92.5 cm³/mol. The second-order valence-electron chi connectivity index (χ2n) is 5.08. The summed E-state index contributed by atoms with van der Waals surface area (Å²) in [7, 11) is 0. The van der Waals surface area contributed by atoms with Crippen molar-refractivity contribution in [3.63, 3.8) is 0 Å². The molecule has 0 atom stereocenters. The molecule has 0 aliphatic carbocycles. The Bertz CT molecular complexity index is 1000. The zero-order valence-corrected chi connectivity index (χ0v) is 12.6. The first kappa shape index (κ1) is 14.0. The number of para-hydroxylation sites is 1. The van der Waals surface area contributed by atoms with Crippen LogP contribution in [0.4, 0.5) is 17.6 Å². The summed E-state index contributed by atoms with van der Waals surface area (Å²) >= 11 is 0. The second kappa shape index (κ2) is 5.88. The standard InChI is InChI=1S/C17H13N7/c18-16-20-10-21-17(24-16)23-14-9-15(13-7-3-4-8-19-13)22-12-6-2-1-5-11(12)14/h1-10H,(H3,18,20,21,22,23,24). The van der Waals surface area contributed by atoms with E-state index in [9.17, 15) is 0 Å². The third-order valence-electron chi connectivity index (χ3n) is 3.48. The van der Waals surface area contributed by atoms with Gasteiger partial charge < -0.3 is 11.1 Å². The molecule has 0 unspecified atom stereocenters. The number of nitrogens with zero attached hydrogens (tertiary/aromatic N) is 5. The summed E-state index contributed by atoms with van der Waals surface area (Å²) in [6, 6.07) is 15.5. The van der Waals surface area contributed by atoms with Crippen molar-refractivity contribution >= 4 is 28.5 Å². The van der Waals surface area contributed by atoms with Crippen LogP contribution in [0.1, 0.15) is 0 Å². The first-order valence-corrected chi connectivity index (χ1v) is 7.32. The number of nitrogens with one attached hydrogen (secondary N) is 1. The SMILES string of the molecule is Nc1ncnc(Nc2cc(-c3ccccn3)nc3ccccc23)n1. The topological polar surface area (TPSA) is 102 Å². The van der Waals surface area contributed by atoms with Crippen LogP contribution in [0.3, 0.4) is 0 Å². The van der Waals surface area contributed by atoms with E-state index >= 15 is 0 Å². The molecule has 1 aromatic carbocycles. The normalized spacial score (nSPS) is 10.7. The van der Waals surface area contributed by atoms with E-state index in [0.29, 0.717) is 5.95 Å². The summed E-state index contributed by atoms with van der Waals surface area (Å²) in [5, 5.41) is 4.14. The van der Waals surface area contributed by atoms with Crippen molar-refractivity contribution in [1.29, 1.82) is 0 Å². The van der Waals surface area contributed by atoms with Crippen molar-refractivity contribution in [3.05, 3.63) is 61.1 Å². The molecule has 0 aliphatic rings. The summed E-state index contributed by atoms with van der Waals surface area (Å²) in [4.78, 5) is 21.0. The van der Waals surface area contributed by atoms with Crippen molar-refractivity contribution in [2.75, 3.05) is 11.1 Å². The molecular weight excluding hydrogens is 302 g/mol. The monoisotopic (exact) mass is 315 g/mol. The fraction of sp³-hybridized carbons (Fsp3) is 0. The molecule has 4 rings (SSSR count). The van der Waals surface area contributed by atoms with Gasteiger partial charge in [0.2, 0.25) is 11.9 Å². The Kier molecular flexibility index (Phi) is 3.43. The lowest BCUT2D eigenvalue weighted by Gasteiger charge is -2.10. The lowest BCUT2D eigenvalue weighted by Crippen LogP contribution is -2.03. The molecule has 7 nitrogen and oxygen atoms in total. The van der Waals surface area contributed by atoms with Gasteiger partial charge >= 0.3 is 0 Å². The van der Waals surface area contributed by atoms with Crippen LogP contribution < -0.4 is 11.1 Å².